The molecule has 148 valence electrons. The van der Waals surface area contributed by atoms with Crippen molar-refractivity contribution in [3.8, 4) is 0 Å². The van der Waals surface area contributed by atoms with Gasteiger partial charge in [0.1, 0.15) is 5.76 Å². The molecule has 0 aliphatic carbocycles. The van der Waals surface area contributed by atoms with Gasteiger partial charge in [-0.2, -0.15) is 0 Å². The Morgan fingerprint density at radius 1 is 1.31 bits per heavy atom. The Hall–Kier alpha value is -1.60. The minimum Gasteiger partial charge on any atom is -0.383 e. The summed E-state index contributed by atoms with van der Waals surface area (Å²) in [5.74, 6) is 1.80. The molecule has 7 nitrogen and oxygen atoms in total. The first-order chi connectivity index (χ1) is 12.7. The van der Waals surface area contributed by atoms with Crippen molar-refractivity contribution in [3.05, 3.63) is 17.0 Å². The van der Waals surface area contributed by atoms with Gasteiger partial charge in [-0.3, -0.25) is 4.90 Å². The van der Waals surface area contributed by atoms with Gasteiger partial charge in [-0.1, -0.05) is 19.0 Å². The standard InChI is InChI=1S/C19H35N5O2/c1-5-17-16(18(6-2)26-23-17)14-22-19(20-7-3)21-13-15-9-8-10-24(15)11-12-25-4/h15H,5-14H2,1-4H3,(H2,20,21,22). The van der Waals surface area contributed by atoms with E-state index in [0.717, 1.165) is 68.6 Å². The molecule has 1 fully saturated rings. The first-order valence-electron chi connectivity index (χ1n) is 9.94. The second kappa shape index (κ2) is 11.2. The van der Waals surface area contributed by atoms with E-state index in [0.29, 0.717) is 12.6 Å². The smallest absolute Gasteiger partial charge is 0.191 e. The summed E-state index contributed by atoms with van der Waals surface area (Å²) >= 11 is 0. The van der Waals surface area contributed by atoms with E-state index in [1.165, 1.54) is 12.8 Å². The van der Waals surface area contributed by atoms with Gasteiger partial charge >= 0.3 is 0 Å². The number of hydrogen-bond donors (Lipinski definition) is 2. The second-order valence-corrected chi connectivity index (χ2v) is 6.64. The molecular weight excluding hydrogens is 330 g/mol. The maximum Gasteiger partial charge on any atom is 0.191 e. The fraction of sp³-hybridized carbons (Fsp3) is 0.789. The van der Waals surface area contributed by atoms with E-state index in [9.17, 15) is 0 Å². The Kier molecular flexibility index (Phi) is 8.91. The SMILES string of the molecule is CCNC(=NCc1c(CC)noc1CC)NCC1CCCN1CCOC. The summed E-state index contributed by atoms with van der Waals surface area (Å²) in [6.07, 6.45) is 4.19. The number of aromatic nitrogens is 1. The van der Waals surface area contributed by atoms with Crippen LogP contribution < -0.4 is 10.6 Å². The fourth-order valence-corrected chi connectivity index (χ4v) is 3.46. The number of ether oxygens (including phenoxy) is 1. The summed E-state index contributed by atoms with van der Waals surface area (Å²) in [6, 6.07) is 0.544. The maximum atomic E-state index is 5.44. The lowest BCUT2D eigenvalue weighted by Crippen LogP contribution is -2.45. The number of likely N-dealkylation sites (tertiary alicyclic amines) is 1. The molecule has 2 rings (SSSR count). The van der Waals surface area contributed by atoms with Crippen LogP contribution in [0.15, 0.2) is 9.52 Å². The molecule has 0 bridgehead atoms. The molecule has 1 saturated heterocycles. The van der Waals surface area contributed by atoms with Gasteiger partial charge in [0.2, 0.25) is 0 Å². The Morgan fingerprint density at radius 3 is 2.85 bits per heavy atom. The van der Waals surface area contributed by atoms with Crippen molar-refractivity contribution < 1.29 is 9.26 Å². The molecule has 1 aromatic heterocycles. The van der Waals surface area contributed by atoms with E-state index in [1.54, 1.807) is 7.11 Å². The predicted octanol–water partition coefficient (Wildman–Crippen LogP) is 1.97. The lowest BCUT2D eigenvalue weighted by atomic mass is 10.1. The highest BCUT2D eigenvalue weighted by Gasteiger charge is 2.24. The summed E-state index contributed by atoms with van der Waals surface area (Å²) in [4.78, 5) is 7.28. The molecule has 2 N–H and O–H groups in total. The second-order valence-electron chi connectivity index (χ2n) is 6.64. The Morgan fingerprint density at radius 2 is 2.15 bits per heavy atom. The van der Waals surface area contributed by atoms with Gasteiger partial charge in [-0.25, -0.2) is 4.99 Å². The third-order valence-corrected chi connectivity index (χ3v) is 4.93. The molecule has 0 aromatic carbocycles. The predicted molar refractivity (Wildman–Crippen MR) is 105 cm³/mol. The van der Waals surface area contributed by atoms with E-state index >= 15 is 0 Å². The van der Waals surface area contributed by atoms with E-state index in [-0.39, 0.29) is 0 Å². The van der Waals surface area contributed by atoms with E-state index in [4.69, 9.17) is 14.3 Å². The van der Waals surface area contributed by atoms with Gasteiger partial charge in [-0.15, -0.1) is 0 Å². The third-order valence-electron chi connectivity index (χ3n) is 4.93. The quantitative estimate of drug-likeness (QED) is 0.488. The van der Waals surface area contributed by atoms with Gasteiger partial charge < -0.3 is 19.9 Å². The molecule has 26 heavy (non-hydrogen) atoms. The summed E-state index contributed by atoms with van der Waals surface area (Å²) in [6.45, 7) is 11.6. The average Bonchev–Trinajstić information content (AvgIpc) is 3.27. The van der Waals surface area contributed by atoms with Crippen molar-refractivity contribution in [2.75, 3.05) is 39.9 Å². The number of nitrogens with one attached hydrogen (secondary N) is 2. The number of aliphatic imine (C=N–C) groups is 1. The lowest BCUT2D eigenvalue weighted by Gasteiger charge is -2.25. The van der Waals surface area contributed by atoms with Gasteiger partial charge in [-0.05, 0) is 32.7 Å². The minimum absolute atomic E-state index is 0.544. The van der Waals surface area contributed by atoms with Gasteiger partial charge in [0.25, 0.3) is 0 Å². The first-order valence-corrected chi connectivity index (χ1v) is 9.94. The van der Waals surface area contributed by atoms with Crippen LogP contribution in [0.5, 0.6) is 0 Å². The topological polar surface area (TPSA) is 74.9 Å². The van der Waals surface area contributed by atoms with Crippen molar-refractivity contribution in [1.82, 2.24) is 20.7 Å². The zero-order valence-corrected chi connectivity index (χ0v) is 16.8. The molecule has 1 aromatic rings. The Labute approximate surface area is 157 Å². The van der Waals surface area contributed by atoms with Crippen LogP contribution in [0, 0.1) is 0 Å². The number of methoxy groups -OCH3 is 1. The average molecular weight is 366 g/mol. The molecular formula is C19H35N5O2. The molecule has 1 atom stereocenters. The van der Waals surface area contributed by atoms with Crippen LogP contribution in [0.4, 0.5) is 0 Å². The van der Waals surface area contributed by atoms with Crippen molar-refractivity contribution in [3.63, 3.8) is 0 Å². The molecule has 7 heteroatoms. The van der Waals surface area contributed by atoms with E-state index in [1.807, 2.05) is 0 Å². The fourth-order valence-electron chi connectivity index (χ4n) is 3.46. The zero-order valence-electron chi connectivity index (χ0n) is 16.8. The Balaban J connectivity index is 1.95. The van der Waals surface area contributed by atoms with Crippen LogP contribution in [-0.2, 0) is 24.1 Å². The zero-order chi connectivity index (χ0) is 18.8. The number of aryl methyl sites for hydroxylation is 2. The minimum atomic E-state index is 0.544. The molecule has 0 spiro atoms. The van der Waals surface area contributed by atoms with Gasteiger partial charge in [0, 0.05) is 44.8 Å². The van der Waals surface area contributed by atoms with E-state index in [2.05, 4.69) is 41.5 Å². The highest BCUT2D eigenvalue weighted by molar-refractivity contribution is 5.79. The molecule has 1 aliphatic heterocycles. The maximum absolute atomic E-state index is 5.44. The van der Waals surface area contributed by atoms with Crippen molar-refractivity contribution >= 4 is 5.96 Å². The molecule has 0 amide bonds. The molecule has 0 radical (unpaired) electrons. The molecule has 2 heterocycles. The highest BCUT2D eigenvalue weighted by atomic mass is 16.5. The van der Waals surface area contributed by atoms with Crippen LogP contribution in [0.25, 0.3) is 0 Å². The van der Waals surface area contributed by atoms with Gasteiger partial charge in [0.05, 0.1) is 18.8 Å². The summed E-state index contributed by atoms with van der Waals surface area (Å²) in [5.41, 5.74) is 2.15. The molecule has 0 saturated carbocycles. The number of rotatable bonds is 10. The van der Waals surface area contributed by atoms with Crippen molar-refractivity contribution in [2.45, 2.75) is 59.0 Å². The van der Waals surface area contributed by atoms with E-state index < -0.39 is 0 Å². The lowest BCUT2D eigenvalue weighted by molar-refractivity contribution is 0.141. The van der Waals surface area contributed by atoms with Crippen molar-refractivity contribution in [2.24, 2.45) is 4.99 Å². The monoisotopic (exact) mass is 365 g/mol. The largest absolute Gasteiger partial charge is 0.383 e. The summed E-state index contributed by atoms with van der Waals surface area (Å²) < 4.78 is 10.7. The highest BCUT2D eigenvalue weighted by Crippen LogP contribution is 2.17. The Bertz CT molecular complexity index is 537. The number of guanidine groups is 1. The molecule has 1 aliphatic rings. The van der Waals surface area contributed by atoms with Crippen LogP contribution >= 0.6 is 0 Å². The third kappa shape index (κ3) is 5.71. The summed E-state index contributed by atoms with van der Waals surface area (Å²) in [7, 11) is 1.76. The number of hydrogen-bond acceptors (Lipinski definition) is 5. The van der Waals surface area contributed by atoms with Crippen LogP contribution in [0.3, 0.4) is 0 Å². The first kappa shape index (κ1) is 20.7. The van der Waals surface area contributed by atoms with Crippen LogP contribution in [-0.4, -0.2) is 62.0 Å². The van der Waals surface area contributed by atoms with Crippen molar-refractivity contribution in [1.29, 1.82) is 0 Å². The van der Waals surface area contributed by atoms with Crippen LogP contribution in [0.2, 0.25) is 0 Å². The summed E-state index contributed by atoms with van der Waals surface area (Å²) in [5, 5.41) is 11.0. The normalized spacial score (nSPS) is 18.5. The molecule has 1 unspecified atom stereocenters. The number of nitrogens with zero attached hydrogens (tertiary/aromatic N) is 3. The van der Waals surface area contributed by atoms with Crippen LogP contribution in [0.1, 0.15) is 50.6 Å². The van der Waals surface area contributed by atoms with Gasteiger partial charge in [0.15, 0.2) is 5.96 Å².